The van der Waals surface area contributed by atoms with Crippen molar-refractivity contribution in [1.29, 1.82) is 0 Å². The third-order valence-corrected chi connectivity index (χ3v) is 3.88. The molecule has 0 radical (unpaired) electrons. The number of unbranched alkanes of at least 4 members (excludes halogenated alkanes) is 1. The van der Waals surface area contributed by atoms with E-state index in [4.69, 9.17) is 9.84 Å². The highest BCUT2D eigenvalue weighted by Gasteiger charge is 2.10. The van der Waals surface area contributed by atoms with E-state index in [2.05, 4.69) is 19.1 Å². The zero-order valence-corrected chi connectivity index (χ0v) is 15.7. The molecule has 25 heavy (non-hydrogen) atoms. The number of carboxylic acids is 1. The topological polar surface area (TPSA) is 66.8 Å². The van der Waals surface area contributed by atoms with Crippen molar-refractivity contribution in [2.75, 3.05) is 0 Å². The number of allylic oxidation sites excluding steroid dienone is 2. The Bertz CT molecular complexity index is 625. The SMILES string of the molecule is C/C=C(\C)CC(C=C(C)C)Oc1cc(O)cc(CCCCC(=O)O)c1. The van der Waals surface area contributed by atoms with Crippen LogP contribution < -0.4 is 4.74 Å². The summed E-state index contributed by atoms with van der Waals surface area (Å²) in [5.74, 6) is 0.0351. The van der Waals surface area contributed by atoms with Crippen molar-refractivity contribution in [1.82, 2.24) is 0 Å². The van der Waals surface area contributed by atoms with E-state index in [1.54, 1.807) is 12.1 Å². The molecule has 1 unspecified atom stereocenters. The van der Waals surface area contributed by atoms with Crippen molar-refractivity contribution in [3.63, 3.8) is 0 Å². The van der Waals surface area contributed by atoms with Gasteiger partial charge in [0.1, 0.15) is 17.6 Å². The Labute approximate surface area is 150 Å². The highest BCUT2D eigenvalue weighted by Crippen LogP contribution is 2.25. The zero-order chi connectivity index (χ0) is 18.8. The largest absolute Gasteiger partial charge is 0.508 e. The first kappa shape index (κ1) is 20.8. The molecule has 138 valence electrons. The average molecular weight is 346 g/mol. The molecule has 4 nitrogen and oxygen atoms in total. The van der Waals surface area contributed by atoms with Crippen molar-refractivity contribution in [3.8, 4) is 11.5 Å². The van der Waals surface area contributed by atoms with Gasteiger partial charge in [-0.25, -0.2) is 0 Å². The minimum atomic E-state index is -0.774. The fourth-order valence-corrected chi connectivity index (χ4v) is 2.58. The Hall–Kier alpha value is -2.23. The predicted octanol–water partition coefficient (Wildman–Crippen LogP) is 5.26. The summed E-state index contributed by atoms with van der Waals surface area (Å²) in [6.45, 7) is 8.17. The number of rotatable bonds is 10. The van der Waals surface area contributed by atoms with Crippen LogP contribution in [0.25, 0.3) is 0 Å². The molecule has 0 fully saturated rings. The fraction of sp³-hybridized carbons (Fsp3) is 0.476. The number of benzene rings is 1. The smallest absolute Gasteiger partial charge is 0.303 e. The van der Waals surface area contributed by atoms with Gasteiger partial charge in [-0.15, -0.1) is 0 Å². The summed E-state index contributed by atoms with van der Waals surface area (Å²) in [7, 11) is 0. The Morgan fingerprint density at radius 2 is 1.92 bits per heavy atom. The summed E-state index contributed by atoms with van der Waals surface area (Å²) in [6.07, 6.45) is 7.17. The van der Waals surface area contributed by atoms with Crippen LogP contribution in [0.5, 0.6) is 11.5 Å². The van der Waals surface area contributed by atoms with Crippen molar-refractivity contribution < 1.29 is 19.7 Å². The average Bonchev–Trinajstić information content (AvgIpc) is 2.50. The van der Waals surface area contributed by atoms with Crippen molar-refractivity contribution in [2.24, 2.45) is 0 Å². The number of hydrogen-bond donors (Lipinski definition) is 2. The summed E-state index contributed by atoms with van der Waals surface area (Å²) < 4.78 is 6.09. The van der Waals surface area contributed by atoms with Gasteiger partial charge in [0.05, 0.1) is 0 Å². The van der Waals surface area contributed by atoms with E-state index in [0.717, 1.165) is 24.8 Å². The van der Waals surface area contributed by atoms with E-state index < -0.39 is 5.97 Å². The molecule has 0 aromatic heterocycles. The molecule has 0 aliphatic carbocycles. The van der Waals surface area contributed by atoms with E-state index >= 15 is 0 Å². The Kier molecular flexibility index (Phi) is 8.82. The second-order valence-electron chi connectivity index (χ2n) is 6.68. The second-order valence-corrected chi connectivity index (χ2v) is 6.68. The molecule has 0 saturated heterocycles. The molecule has 0 heterocycles. The molecule has 0 aliphatic heterocycles. The Morgan fingerprint density at radius 1 is 1.20 bits per heavy atom. The van der Waals surface area contributed by atoms with Crippen molar-refractivity contribution >= 4 is 5.97 Å². The van der Waals surface area contributed by atoms with Crippen LogP contribution >= 0.6 is 0 Å². The number of hydrogen-bond acceptors (Lipinski definition) is 3. The lowest BCUT2D eigenvalue weighted by Crippen LogP contribution is -2.14. The standard InChI is InChI=1S/C21H30O4/c1-5-16(4)11-19(10-15(2)3)25-20-13-17(12-18(22)14-20)8-6-7-9-21(23)24/h5,10,12-14,19,22H,6-9,11H2,1-4H3,(H,23,24)/b16-5+. The van der Waals surface area contributed by atoms with E-state index in [9.17, 15) is 9.90 Å². The van der Waals surface area contributed by atoms with Gasteiger partial charge in [-0.3, -0.25) is 4.79 Å². The van der Waals surface area contributed by atoms with Crippen LogP contribution in [0.15, 0.2) is 41.5 Å². The summed E-state index contributed by atoms with van der Waals surface area (Å²) in [6, 6.07) is 5.26. The van der Waals surface area contributed by atoms with E-state index in [1.807, 2.05) is 26.8 Å². The fourth-order valence-electron chi connectivity index (χ4n) is 2.58. The van der Waals surface area contributed by atoms with Crippen LogP contribution in [0.3, 0.4) is 0 Å². The van der Waals surface area contributed by atoms with E-state index in [-0.39, 0.29) is 18.3 Å². The monoisotopic (exact) mass is 346 g/mol. The molecule has 0 saturated carbocycles. The lowest BCUT2D eigenvalue weighted by atomic mass is 10.1. The van der Waals surface area contributed by atoms with Gasteiger partial charge < -0.3 is 14.9 Å². The van der Waals surface area contributed by atoms with Gasteiger partial charge in [-0.05, 0) is 70.7 Å². The van der Waals surface area contributed by atoms with Gasteiger partial charge in [-0.2, -0.15) is 0 Å². The van der Waals surface area contributed by atoms with Crippen LogP contribution in [0, 0.1) is 0 Å². The van der Waals surface area contributed by atoms with Crippen LogP contribution in [-0.2, 0) is 11.2 Å². The molecule has 1 aromatic carbocycles. The van der Waals surface area contributed by atoms with Crippen LogP contribution in [-0.4, -0.2) is 22.3 Å². The maximum absolute atomic E-state index is 10.6. The number of carbonyl (C=O) groups is 1. The number of phenols is 1. The number of aryl methyl sites for hydroxylation is 1. The first-order valence-corrected chi connectivity index (χ1v) is 8.78. The molecule has 4 heteroatoms. The van der Waals surface area contributed by atoms with E-state index in [1.165, 1.54) is 11.1 Å². The Balaban J connectivity index is 2.81. The van der Waals surface area contributed by atoms with Crippen molar-refractivity contribution in [2.45, 2.75) is 65.9 Å². The molecule has 1 aromatic rings. The van der Waals surface area contributed by atoms with Gasteiger partial charge in [0, 0.05) is 18.9 Å². The van der Waals surface area contributed by atoms with Crippen molar-refractivity contribution in [3.05, 3.63) is 47.1 Å². The third kappa shape index (κ3) is 8.99. The molecular weight excluding hydrogens is 316 g/mol. The van der Waals surface area contributed by atoms with Gasteiger partial charge in [0.25, 0.3) is 0 Å². The van der Waals surface area contributed by atoms with Crippen LogP contribution in [0.2, 0.25) is 0 Å². The summed E-state index contributed by atoms with van der Waals surface area (Å²) in [5, 5.41) is 18.7. The molecule has 1 atom stereocenters. The van der Waals surface area contributed by atoms with Gasteiger partial charge in [0.15, 0.2) is 0 Å². The summed E-state index contributed by atoms with van der Waals surface area (Å²) in [5.41, 5.74) is 3.39. The maximum atomic E-state index is 10.6. The first-order chi connectivity index (χ1) is 11.8. The summed E-state index contributed by atoms with van der Waals surface area (Å²) >= 11 is 0. The molecule has 1 rings (SSSR count). The number of phenolic OH excluding ortho intramolecular Hbond substituents is 1. The number of aliphatic carboxylic acids is 1. The first-order valence-electron chi connectivity index (χ1n) is 8.78. The minimum absolute atomic E-state index is 0.0807. The lowest BCUT2D eigenvalue weighted by molar-refractivity contribution is -0.137. The zero-order valence-electron chi connectivity index (χ0n) is 15.7. The van der Waals surface area contributed by atoms with Crippen LogP contribution in [0.1, 0.15) is 58.9 Å². The molecular formula is C21H30O4. The van der Waals surface area contributed by atoms with E-state index in [0.29, 0.717) is 12.2 Å². The quantitative estimate of drug-likeness (QED) is 0.448. The Morgan fingerprint density at radius 3 is 2.52 bits per heavy atom. The highest BCUT2D eigenvalue weighted by molar-refractivity contribution is 5.66. The predicted molar refractivity (Wildman–Crippen MR) is 101 cm³/mol. The maximum Gasteiger partial charge on any atom is 0.303 e. The molecule has 0 bridgehead atoms. The molecule has 0 spiro atoms. The lowest BCUT2D eigenvalue weighted by Gasteiger charge is -2.18. The molecule has 0 aliphatic rings. The molecule has 2 N–H and O–H groups in total. The second kappa shape index (κ2) is 10.6. The van der Waals surface area contributed by atoms with Gasteiger partial charge in [-0.1, -0.05) is 17.2 Å². The normalized spacial score (nSPS) is 12.6. The number of ether oxygens (including phenoxy) is 1. The molecule has 0 amide bonds. The van der Waals surface area contributed by atoms with Crippen LogP contribution in [0.4, 0.5) is 0 Å². The van der Waals surface area contributed by atoms with Gasteiger partial charge in [0.2, 0.25) is 0 Å². The number of carboxylic acid groups (broad SMARTS) is 1. The minimum Gasteiger partial charge on any atom is -0.508 e. The summed E-state index contributed by atoms with van der Waals surface area (Å²) in [4.78, 5) is 10.6. The number of aromatic hydroxyl groups is 1. The highest BCUT2D eigenvalue weighted by atomic mass is 16.5. The van der Waals surface area contributed by atoms with Gasteiger partial charge >= 0.3 is 5.97 Å². The third-order valence-electron chi connectivity index (χ3n) is 3.88.